The molecule has 8 nitrogen and oxygen atoms in total. The number of rotatable bonds is 5. The van der Waals surface area contributed by atoms with Crippen LogP contribution in [0.3, 0.4) is 0 Å². The molecule has 1 heterocycles. The molecule has 27 heavy (non-hydrogen) atoms. The predicted molar refractivity (Wildman–Crippen MR) is 81.9 cm³/mol. The van der Waals surface area contributed by atoms with E-state index in [2.05, 4.69) is 0 Å². The molecule has 0 aromatic heterocycles. The number of carboxylic acids is 1. The van der Waals surface area contributed by atoms with Gasteiger partial charge in [0, 0.05) is 0 Å². The van der Waals surface area contributed by atoms with Crippen molar-refractivity contribution in [2.75, 3.05) is 6.61 Å². The first-order chi connectivity index (χ1) is 12.5. The van der Waals surface area contributed by atoms with E-state index < -0.39 is 60.8 Å². The third-order valence-corrected chi connectivity index (χ3v) is 3.81. The van der Waals surface area contributed by atoms with Crippen molar-refractivity contribution in [2.24, 2.45) is 0 Å². The molecule has 1 aromatic carbocycles. The zero-order valence-electron chi connectivity index (χ0n) is 13.6. The van der Waals surface area contributed by atoms with Crippen LogP contribution in [0.4, 0.5) is 13.2 Å². The maximum atomic E-state index is 12.8. The van der Waals surface area contributed by atoms with Crippen LogP contribution >= 0.6 is 0 Å². The maximum absolute atomic E-state index is 12.8. The summed E-state index contributed by atoms with van der Waals surface area (Å²) in [7, 11) is 0. The molecule has 150 valence electrons. The number of aliphatic carboxylic acids is 1. The summed E-state index contributed by atoms with van der Waals surface area (Å²) in [6.45, 7) is -0.759. The number of ether oxygens (including phenoxy) is 2. The van der Waals surface area contributed by atoms with Crippen LogP contribution in [-0.2, 0) is 20.4 Å². The highest BCUT2D eigenvalue weighted by atomic mass is 19.4. The van der Waals surface area contributed by atoms with Gasteiger partial charge in [-0.05, 0) is 23.8 Å². The van der Waals surface area contributed by atoms with Gasteiger partial charge in [0.1, 0.15) is 24.4 Å². The number of aliphatic hydroxyl groups is 4. The normalized spacial score (nSPS) is 29.4. The highest BCUT2D eigenvalue weighted by Gasteiger charge is 2.45. The van der Waals surface area contributed by atoms with Gasteiger partial charge in [-0.2, -0.15) is 13.2 Å². The van der Waals surface area contributed by atoms with Gasteiger partial charge in [0.2, 0.25) is 12.0 Å². The van der Waals surface area contributed by atoms with E-state index in [4.69, 9.17) is 14.6 Å². The average Bonchev–Trinajstić information content (AvgIpc) is 2.60. The summed E-state index contributed by atoms with van der Waals surface area (Å²) >= 11 is 0. The molecule has 5 atom stereocenters. The van der Waals surface area contributed by atoms with E-state index in [-0.39, 0.29) is 5.56 Å². The van der Waals surface area contributed by atoms with Crippen molar-refractivity contribution in [1.82, 2.24) is 0 Å². The van der Waals surface area contributed by atoms with E-state index in [9.17, 15) is 38.4 Å². The first-order valence-electron chi connectivity index (χ1n) is 7.64. The molecule has 1 aliphatic heterocycles. The summed E-state index contributed by atoms with van der Waals surface area (Å²) in [4.78, 5) is 11.3. The molecular weight excluding hydrogens is 377 g/mol. The van der Waals surface area contributed by atoms with Gasteiger partial charge >= 0.3 is 12.1 Å². The van der Waals surface area contributed by atoms with Gasteiger partial charge in [-0.25, -0.2) is 4.79 Å². The zero-order chi connectivity index (χ0) is 20.4. The largest absolute Gasteiger partial charge is 0.475 e. The molecule has 1 aliphatic rings. The maximum Gasteiger partial charge on any atom is 0.416 e. The molecule has 2 rings (SSSR count). The molecule has 1 aromatic rings. The fourth-order valence-electron chi connectivity index (χ4n) is 2.39. The van der Waals surface area contributed by atoms with E-state index in [0.29, 0.717) is 6.07 Å². The Labute approximate surface area is 150 Å². The monoisotopic (exact) mass is 394 g/mol. The fraction of sp³-hybridized carbons (Fsp3) is 0.438. The van der Waals surface area contributed by atoms with Crippen LogP contribution in [0.15, 0.2) is 30.0 Å². The Morgan fingerprint density at radius 3 is 2.41 bits per heavy atom. The number of halogens is 3. The molecule has 0 spiro atoms. The van der Waals surface area contributed by atoms with Gasteiger partial charge in [-0.3, -0.25) is 0 Å². The van der Waals surface area contributed by atoms with E-state index in [1.165, 1.54) is 6.07 Å². The molecule has 0 saturated carbocycles. The van der Waals surface area contributed by atoms with E-state index in [1.54, 1.807) is 0 Å². The number of alkyl halides is 3. The van der Waals surface area contributed by atoms with Crippen molar-refractivity contribution >= 4 is 12.0 Å². The lowest BCUT2D eigenvalue weighted by atomic mass is 9.99. The Morgan fingerprint density at radius 2 is 1.85 bits per heavy atom. The van der Waals surface area contributed by atoms with Crippen LogP contribution in [0, 0.1) is 0 Å². The van der Waals surface area contributed by atoms with Crippen molar-refractivity contribution in [3.05, 3.63) is 41.2 Å². The minimum atomic E-state index is -4.63. The first kappa shape index (κ1) is 21.1. The van der Waals surface area contributed by atoms with Gasteiger partial charge < -0.3 is 35.0 Å². The molecule has 0 amide bonds. The van der Waals surface area contributed by atoms with Crippen LogP contribution in [0.1, 0.15) is 11.1 Å². The van der Waals surface area contributed by atoms with Gasteiger partial charge in [0.15, 0.2) is 0 Å². The Morgan fingerprint density at radius 1 is 1.19 bits per heavy atom. The Kier molecular flexibility index (Phi) is 6.44. The molecule has 1 saturated heterocycles. The third kappa shape index (κ3) is 4.96. The first-order valence-corrected chi connectivity index (χ1v) is 7.64. The van der Waals surface area contributed by atoms with E-state index >= 15 is 0 Å². The summed E-state index contributed by atoms with van der Waals surface area (Å²) in [5, 5.41) is 47.5. The number of carboxylic acid groups (broad SMARTS) is 1. The average molecular weight is 394 g/mol. The molecule has 1 fully saturated rings. The number of hydrogen-bond acceptors (Lipinski definition) is 7. The molecule has 5 N–H and O–H groups in total. The highest BCUT2D eigenvalue weighted by molar-refractivity contribution is 5.89. The van der Waals surface area contributed by atoms with Gasteiger partial charge in [0.05, 0.1) is 12.2 Å². The van der Waals surface area contributed by atoms with Gasteiger partial charge in [-0.15, -0.1) is 0 Å². The standard InChI is InChI=1S/C16H17F3O8/c17-16(18,19)8-3-1-2-7(4-8)5-9(14(24)25)26-15-13(23)12(22)11(21)10(6-20)27-15/h1-5,10-13,15,20-23H,6H2,(H,24,25)/t10-,11+,12+,13-,15-/m0/s1. The number of benzene rings is 1. The molecule has 11 heteroatoms. The second-order valence-corrected chi connectivity index (χ2v) is 5.75. The lowest BCUT2D eigenvalue weighted by Gasteiger charge is -2.39. The predicted octanol–water partition coefficient (Wildman–Crippen LogP) is -0.0526. The van der Waals surface area contributed by atoms with Crippen molar-refractivity contribution in [1.29, 1.82) is 0 Å². The Balaban J connectivity index is 2.28. The van der Waals surface area contributed by atoms with Crippen molar-refractivity contribution < 1.29 is 53.0 Å². The van der Waals surface area contributed by atoms with Crippen LogP contribution in [-0.4, -0.2) is 68.8 Å². The lowest BCUT2D eigenvalue weighted by Crippen LogP contribution is -2.59. The molecule has 0 radical (unpaired) electrons. The molecular formula is C16H17F3O8. The zero-order valence-corrected chi connectivity index (χ0v) is 13.6. The summed E-state index contributed by atoms with van der Waals surface area (Å²) in [5.74, 6) is -2.55. The van der Waals surface area contributed by atoms with Crippen molar-refractivity contribution in [3.63, 3.8) is 0 Å². The second kappa shape index (κ2) is 8.23. The third-order valence-electron chi connectivity index (χ3n) is 3.81. The topological polar surface area (TPSA) is 137 Å². The number of aliphatic hydroxyl groups excluding tert-OH is 4. The number of hydrogen-bond donors (Lipinski definition) is 5. The summed E-state index contributed by atoms with van der Waals surface area (Å²) in [6, 6.07) is 3.77. The van der Waals surface area contributed by atoms with Crippen LogP contribution in [0.5, 0.6) is 0 Å². The van der Waals surface area contributed by atoms with E-state index in [1.807, 2.05) is 0 Å². The SMILES string of the molecule is O=C(O)C(=Cc1cccc(C(F)(F)F)c1)O[C@H]1O[C@@H](CO)[C@@H](O)[C@@H](O)[C@@H]1O. The van der Waals surface area contributed by atoms with Crippen molar-refractivity contribution in [3.8, 4) is 0 Å². The quantitative estimate of drug-likeness (QED) is 0.346. The van der Waals surface area contributed by atoms with Gasteiger partial charge in [-0.1, -0.05) is 12.1 Å². The van der Waals surface area contributed by atoms with E-state index in [0.717, 1.165) is 18.2 Å². The Hall–Kier alpha value is -2.18. The number of carbonyl (C=O) groups is 1. The molecule has 0 bridgehead atoms. The van der Waals surface area contributed by atoms with Gasteiger partial charge in [0.25, 0.3) is 0 Å². The molecule has 0 unspecified atom stereocenters. The second-order valence-electron chi connectivity index (χ2n) is 5.75. The van der Waals surface area contributed by atoms with Crippen LogP contribution < -0.4 is 0 Å². The smallest absolute Gasteiger partial charge is 0.416 e. The lowest BCUT2D eigenvalue weighted by molar-refractivity contribution is -0.291. The van der Waals surface area contributed by atoms with Crippen LogP contribution in [0.2, 0.25) is 0 Å². The fourth-order valence-corrected chi connectivity index (χ4v) is 2.39. The summed E-state index contributed by atoms with van der Waals surface area (Å²) < 4.78 is 48.2. The highest BCUT2D eigenvalue weighted by Crippen LogP contribution is 2.30. The van der Waals surface area contributed by atoms with Crippen LogP contribution in [0.25, 0.3) is 6.08 Å². The minimum Gasteiger partial charge on any atom is -0.475 e. The van der Waals surface area contributed by atoms with Crippen molar-refractivity contribution in [2.45, 2.75) is 36.9 Å². The molecule has 0 aliphatic carbocycles. The summed E-state index contributed by atoms with van der Waals surface area (Å²) in [5.41, 5.74) is -1.15. The minimum absolute atomic E-state index is 0.146. The Bertz CT molecular complexity index is 703. The summed E-state index contributed by atoms with van der Waals surface area (Å²) in [6.07, 6.45) is -12.3.